The molecule has 0 amide bonds. The summed E-state index contributed by atoms with van der Waals surface area (Å²) in [5.74, 6) is 1.28. The number of hydrogen-bond donors (Lipinski definition) is 0. The van der Waals surface area contributed by atoms with Gasteiger partial charge in [0, 0.05) is 29.0 Å². The molecule has 0 bridgehead atoms. The predicted molar refractivity (Wildman–Crippen MR) is 65.2 cm³/mol. The lowest BCUT2D eigenvalue weighted by atomic mass is 10.1. The van der Waals surface area contributed by atoms with E-state index < -0.39 is 0 Å². The van der Waals surface area contributed by atoms with Gasteiger partial charge in [0.15, 0.2) is 0 Å². The molecule has 1 unspecified atom stereocenters. The molecule has 1 atom stereocenters. The number of rotatable bonds is 1. The smallest absolute Gasteiger partial charge is 0.0945 e. The first-order chi connectivity index (χ1) is 6.95. The van der Waals surface area contributed by atoms with E-state index in [4.69, 9.17) is 0 Å². The second-order valence-electron chi connectivity index (χ2n) is 3.44. The zero-order chi connectivity index (χ0) is 9.38. The summed E-state index contributed by atoms with van der Waals surface area (Å²) in [5, 5.41) is 0.605. The second-order valence-corrected chi connectivity index (χ2v) is 6.13. The van der Waals surface area contributed by atoms with Crippen LogP contribution in [0.3, 0.4) is 0 Å². The molecule has 0 spiro atoms. The van der Waals surface area contributed by atoms with Crippen molar-refractivity contribution in [3.63, 3.8) is 0 Å². The Morgan fingerprint density at radius 2 is 2.36 bits per heavy atom. The van der Waals surface area contributed by atoms with Gasteiger partial charge in [-0.05, 0) is 18.9 Å². The minimum atomic E-state index is 0.605. The van der Waals surface area contributed by atoms with Crippen molar-refractivity contribution in [1.29, 1.82) is 0 Å². The average Bonchev–Trinajstić information content (AvgIpc) is 2.79. The van der Waals surface area contributed by atoms with Gasteiger partial charge < -0.3 is 0 Å². The summed E-state index contributed by atoms with van der Waals surface area (Å²) in [6, 6.07) is 0. The van der Waals surface area contributed by atoms with Gasteiger partial charge in [-0.15, -0.1) is 0 Å². The maximum absolute atomic E-state index is 4.37. The van der Waals surface area contributed by atoms with Crippen LogP contribution in [0.25, 0.3) is 0 Å². The van der Waals surface area contributed by atoms with E-state index in [-0.39, 0.29) is 0 Å². The molecule has 3 aliphatic rings. The monoisotopic (exact) mass is 222 g/mol. The summed E-state index contributed by atoms with van der Waals surface area (Å²) in [4.78, 5) is 8.74. The van der Waals surface area contributed by atoms with E-state index >= 15 is 0 Å². The lowest BCUT2D eigenvalue weighted by molar-refractivity contribution is 0.821. The molecule has 4 heteroatoms. The van der Waals surface area contributed by atoms with Crippen molar-refractivity contribution in [2.24, 2.45) is 9.98 Å². The zero-order valence-corrected chi connectivity index (χ0v) is 9.27. The molecule has 2 nitrogen and oxygen atoms in total. The Morgan fingerprint density at radius 3 is 3.21 bits per heavy atom. The molecule has 0 aromatic carbocycles. The van der Waals surface area contributed by atoms with E-state index in [0.717, 1.165) is 11.4 Å². The molecule has 14 heavy (non-hydrogen) atoms. The SMILES string of the molecule is C1=NC2=CC=NC2=C1C1CCCSS1. The summed E-state index contributed by atoms with van der Waals surface area (Å²) in [6.07, 6.45) is 8.42. The number of allylic oxidation sites excluding steroid dienone is 1. The fraction of sp³-hybridized carbons (Fsp3) is 0.400. The van der Waals surface area contributed by atoms with Crippen molar-refractivity contribution in [3.05, 3.63) is 23.0 Å². The Bertz CT molecular complexity index is 374. The summed E-state index contributed by atoms with van der Waals surface area (Å²) in [5.41, 5.74) is 3.50. The van der Waals surface area contributed by atoms with Crippen LogP contribution < -0.4 is 0 Å². The van der Waals surface area contributed by atoms with Gasteiger partial charge in [-0.2, -0.15) is 0 Å². The Labute approximate surface area is 91.1 Å². The molecule has 1 fully saturated rings. The molecule has 72 valence electrons. The van der Waals surface area contributed by atoms with E-state index in [1.54, 1.807) is 0 Å². The molecule has 0 radical (unpaired) electrons. The van der Waals surface area contributed by atoms with Crippen molar-refractivity contribution in [3.8, 4) is 0 Å². The van der Waals surface area contributed by atoms with Gasteiger partial charge in [-0.25, -0.2) is 0 Å². The first kappa shape index (κ1) is 8.80. The van der Waals surface area contributed by atoms with E-state index in [9.17, 15) is 0 Å². The molecule has 0 N–H and O–H groups in total. The molecule has 0 saturated carbocycles. The Morgan fingerprint density at radius 1 is 1.36 bits per heavy atom. The Kier molecular flexibility index (Phi) is 2.25. The van der Waals surface area contributed by atoms with Crippen molar-refractivity contribution in [2.45, 2.75) is 18.1 Å². The van der Waals surface area contributed by atoms with Gasteiger partial charge >= 0.3 is 0 Å². The first-order valence-corrected chi connectivity index (χ1v) is 7.14. The van der Waals surface area contributed by atoms with Crippen LogP contribution in [0.1, 0.15) is 12.8 Å². The van der Waals surface area contributed by atoms with Gasteiger partial charge in [0.25, 0.3) is 0 Å². The van der Waals surface area contributed by atoms with Crippen LogP contribution in [0.15, 0.2) is 33.0 Å². The van der Waals surface area contributed by atoms with E-state index in [2.05, 4.69) is 9.98 Å². The lowest BCUT2D eigenvalue weighted by Gasteiger charge is -2.20. The maximum atomic E-state index is 4.37. The quantitative estimate of drug-likeness (QED) is 0.637. The standard InChI is InChI=1S/C10H10N2S2/c1-2-9(14-13-5-1)7-6-12-8-3-4-11-10(7)8/h3-4,6,9H,1-2,5H2. The molecule has 0 aliphatic carbocycles. The predicted octanol–water partition coefficient (Wildman–Crippen LogP) is 2.84. The van der Waals surface area contributed by atoms with Gasteiger partial charge in [0.05, 0.1) is 11.4 Å². The normalized spacial score (nSPS) is 29.7. The van der Waals surface area contributed by atoms with Gasteiger partial charge in [-0.1, -0.05) is 21.6 Å². The number of fused-ring (bicyclic) bond motifs is 1. The van der Waals surface area contributed by atoms with Crippen LogP contribution in [0.5, 0.6) is 0 Å². The third-order valence-corrected chi connectivity index (χ3v) is 5.44. The maximum Gasteiger partial charge on any atom is 0.0945 e. The fourth-order valence-corrected chi connectivity index (χ4v) is 4.62. The van der Waals surface area contributed by atoms with Gasteiger partial charge in [-0.3, -0.25) is 9.98 Å². The molecule has 3 rings (SSSR count). The molecule has 0 aromatic rings. The third kappa shape index (κ3) is 1.37. The summed E-state index contributed by atoms with van der Waals surface area (Å²) >= 11 is 0. The van der Waals surface area contributed by atoms with Crippen molar-refractivity contribution in [2.75, 3.05) is 5.75 Å². The third-order valence-electron chi connectivity index (χ3n) is 2.52. The lowest BCUT2D eigenvalue weighted by Crippen LogP contribution is -2.10. The van der Waals surface area contributed by atoms with Crippen molar-refractivity contribution >= 4 is 34.0 Å². The van der Waals surface area contributed by atoms with E-state index in [0.29, 0.717) is 5.25 Å². The molecular weight excluding hydrogens is 212 g/mol. The van der Waals surface area contributed by atoms with E-state index in [1.165, 1.54) is 24.2 Å². The molecule has 0 aromatic heterocycles. The van der Waals surface area contributed by atoms with Crippen LogP contribution in [0, 0.1) is 0 Å². The minimum Gasteiger partial charge on any atom is -0.254 e. The van der Waals surface area contributed by atoms with Crippen molar-refractivity contribution < 1.29 is 0 Å². The minimum absolute atomic E-state index is 0.605. The number of nitrogens with zero attached hydrogens (tertiary/aromatic N) is 2. The van der Waals surface area contributed by atoms with Gasteiger partial charge in [0.1, 0.15) is 0 Å². The molecule has 3 heterocycles. The first-order valence-electron chi connectivity index (χ1n) is 4.76. The molecular formula is C10H10N2S2. The molecule has 3 aliphatic heterocycles. The number of hydrogen-bond acceptors (Lipinski definition) is 4. The van der Waals surface area contributed by atoms with Crippen molar-refractivity contribution in [1.82, 2.24) is 0 Å². The van der Waals surface area contributed by atoms with Crippen LogP contribution >= 0.6 is 21.6 Å². The van der Waals surface area contributed by atoms with Crippen LogP contribution in [-0.4, -0.2) is 23.4 Å². The van der Waals surface area contributed by atoms with Crippen LogP contribution in [0.2, 0.25) is 0 Å². The van der Waals surface area contributed by atoms with Crippen LogP contribution in [-0.2, 0) is 0 Å². The van der Waals surface area contributed by atoms with Gasteiger partial charge in [0.2, 0.25) is 0 Å². The largest absolute Gasteiger partial charge is 0.254 e. The molecule has 1 saturated heterocycles. The highest BCUT2D eigenvalue weighted by atomic mass is 33.1. The topological polar surface area (TPSA) is 24.7 Å². The highest BCUT2D eigenvalue weighted by Gasteiger charge is 2.26. The number of aliphatic imine (C=N–C) groups is 2. The second kappa shape index (κ2) is 3.59. The summed E-state index contributed by atoms with van der Waals surface area (Å²) in [6.45, 7) is 0. The van der Waals surface area contributed by atoms with Crippen LogP contribution in [0.4, 0.5) is 0 Å². The highest BCUT2D eigenvalue weighted by molar-refractivity contribution is 8.77. The fourth-order valence-electron chi connectivity index (χ4n) is 1.80. The van der Waals surface area contributed by atoms with E-state index in [1.807, 2.05) is 40.1 Å². The summed E-state index contributed by atoms with van der Waals surface area (Å²) in [7, 11) is 3.95. The highest BCUT2D eigenvalue weighted by Crippen LogP contribution is 2.42. The summed E-state index contributed by atoms with van der Waals surface area (Å²) < 4.78 is 0. The Balaban J connectivity index is 1.91. The zero-order valence-electron chi connectivity index (χ0n) is 7.64. The Hall–Kier alpha value is -0.480. The average molecular weight is 222 g/mol.